The summed E-state index contributed by atoms with van der Waals surface area (Å²) in [6.07, 6.45) is 0. The van der Waals surface area contributed by atoms with Gasteiger partial charge in [-0.25, -0.2) is 4.98 Å². The summed E-state index contributed by atoms with van der Waals surface area (Å²) in [7, 11) is 0. The van der Waals surface area contributed by atoms with Crippen molar-refractivity contribution in [2.45, 2.75) is 27.3 Å². The Morgan fingerprint density at radius 2 is 1.87 bits per heavy atom. The van der Waals surface area contributed by atoms with Crippen LogP contribution in [0.1, 0.15) is 35.5 Å². The van der Waals surface area contributed by atoms with E-state index in [-0.39, 0.29) is 18.4 Å². The molecule has 0 saturated carbocycles. The molecule has 2 aromatic carbocycles. The molecule has 7 heteroatoms. The molecule has 3 aromatic rings. The monoisotopic (exact) mass is 436 g/mol. The predicted octanol–water partition coefficient (Wildman–Crippen LogP) is 4.61. The zero-order valence-corrected chi connectivity index (χ0v) is 18.9. The normalized spacial score (nSPS) is 10.7. The van der Waals surface area contributed by atoms with E-state index in [0.717, 1.165) is 16.8 Å². The molecule has 0 fully saturated rings. The summed E-state index contributed by atoms with van der Waals surface area (Å²) in [6.45, 7) is 6.99. The summed E-state index contributed by atoms with van der Waals surface area (Å²) in [6, 6.07) is 17.6. The lowest BCUT2D eigenvalue weighted by Gasteiger charge is -2.22. The largest absolute Gasteiger partial charge is 0.354 e. The highest BCUT2D eigenvalue weighted by molar-refractivity contribution is 7.14. The third kappa shape index (κ3) is 6.93. The second kappa shape index (κ2) is 10.7. The first-order chi connectivity index (χ1) is 14.9. The molecule has 2 N–H and O–H groups in total. The van der Waals surface area contributed by atoms with Gasteiger partial charge in [0.15, 0.2) is 5.13 Å². The van der Waals surface area contributed by atoms with Crippen LogP contribution in [0.3, 0.4) is 0 Å². The fourth-order valence-corrected chi connectivity index (χ4v) is 3.69. The van der Waals surface area contributed by atoms with Crippen molar-refractivity contribution in [3.05, 3.63) is 76.8 Å². The number of hydrogen-bond donors (Lipinski definition) is 2. The van der Waals surface area contributed by atoms with E-state index in [2.05, 4.69) is 15.6 Å². The van der Waals surface area contributed by atoms with E-state index >= 15 is 0 Å². The van der Waals surface area contributed by atoms with Gasteiger partial charge in [-0.15, -0.1) is 11.3 Å². The molecule has 1 aromatic heterocycles. The number of hydrogen-bond acceptors (Lipinski definition) is 5. The van der Waals surface area contributed by atoms with Gasteiger partial charge >= 0.3 is 0 Å². The van der Waals surface area contributed by atoms with Crippen LogP contribution in [0.5, 0.6) is 0 Å². The number of anilines is 2. The summed E-state index contributed by atoms with van der Waals surface area (Å²) >= 11 is 1.37. The van der Waals surface area contributed by atoms with Gasteiger partial charge in [-0.3, -0.25) is 9.59 Å². The highest BCUT2D eigenvalue weighted by atomic mass is 32.1. The van der Waals surface area contributed by atoms with Crippen molar-refractivity contribution in [2.75, 3.05) is 18.4 Å². The van der Waals surface area contributed by atoms with Gasteiger partial charge in [0.05, 0.1) is 0 Å². The number of carbonyl (C=O) groups is 2. The minimum absolute atomic E-state index is 0.0153. The van der Waals surface area contributed by atoms with Gasteiger partial charge in [0.1, 0.15) is 12.2 Å². The Kier molecular flexibility index (Phi) is 7.78. The molecule has 1 heterocycles. The maximum Gasteiger partial charge on any atom is 0.274 e. The standard InChI is InChI=1S/C24H28N4O2S/c1-17(2)13-25-22(29)15-28(14-19-9-5-4-6-10-19)23(30)21-16-31-24(27-21)26-20-11-7-8-18(3)12-20/h4-12,16-17H,13-15H2,1-3H3,(H,25,29)(H,26,27). The lowest BCUT2D eigenvalue weighted by Crippen LogP contribution is -2.41. The highest BCUT2D eigenvalue weighted by Gasteiger charge is 2.22. The van der Waals surface area contributed by atoms with Gasteiger partial charge in [0.2, 0.25) is 5.91 Å². The third-order valence-corrected chi connectivity index (χ3v) is 5.30. The van der Waals surface area contributed by atoms with Crippen molar-refractivity contribution < 1.29 is 9.59 Å². The lowest BCUT2D eigenvalue weighted by molar-refractivity contribution is -0.122. The van der Waals surface area contributed by atoms with E-state index in [1.165, 1.54) is 16.2 Å². The van der Waals surface area contributed by atoms with Crippen LogP contribution >= 0.6 is 11.3 Å². The number of carbonyl (C=O) groups excluding carboxylic acids is 2. The van der Waals surface area contributed by atoms with E-state index in [1.807, 2.05) is 75.4 Å². The van der Waals surface area contributed by atoms with Crippen LogP contribution in [0.15, 0.2) is 60.0 Å². The highest BCUT2D eigenvalue weighted by Crippen LogP contribution is 2.22. The molecule has 0 bridgehead atoms. The zero-order chi connectivity index (χ0) is 22.2. The minimum Gasteiger partial charge on any atom is -0.354 e. The molecule has 31 heavy (non-hydrogen) atoms. The van der Waals surface area contributed by atoms with Crippen LogP contribution in [-0.2, 0) is 11.3 Å². The van der Waals surface area contributed by atoms with Crippen molar-refractivity contribution in [1.29, 1.82) is 0 Å². The number of benzene rings is 2. The Bertz CT molecular complexity index is 1020. The fourth-order valence-electron chi connectivity index (χ4n) is 2.99. The van der Waals surface area contributed by atoms with Crippen molar-refractivity contribution in [3.8, 4) is 0 Å². The molecule has 0 radical (unpaired) electrons. The Morgan fingerprint density at radius 1 is 1.10 bits per heavy atom. The molecule has 0 aliphatic carbocycles. The fraction of sp³-hybridized carbons (Fsp3) is 0.292. The number of aryl methyl sites for hydroxylation is 1. The summed E-state index contributed by atoms with van der Waals surface area (Å²) in [5.74, 6) is -0.0977. The Labute approximate surface area is 187 Å². The van der Waals surface area contributed by atoms with E-state index in [0.29, 0.717) is 29.8 Å². The van der Waals surface area contributed by atoms with Gasteiger partial charge in [0.25, 0.3) is 5.91 Å². The molecule has 0 unspecified atom stereocenters. The molecule has 2 amide bonds. The van der Waals surface area contributed by atoms with Crippen LogP contribution < -0.4 is 10.6 Å². The van der Waals surface area contributed by atoms with Crippen LogP contribution in [0, 0.1) is 12.8 Å². The van der Waals surface area contributed by atoms with E-state index in [4.69, 9.17) is 0 Å². The Balaban J connectivity index is 1.74. The van der Waals surface area contributed by atoms with E-state index < -0.39 is 0 Å². The minimum atomic E-state index is -0.267. The Morgan fingerprint density at radius 3 is 2.58 bits per heavy atom. The SMILES string of the molecule is Cc1cccc(Nc2nc(C(=O)N(CC(=O)NCC(C)C)Cc3ccccc3)cs2)c1. The summed E-state index contributed by atoms with van der Waals surface area (Å²) in [5, 5.41) is 8.49. The smallest absolute Gasteiger partial charge is 0.274 e. The van der Waals surface area contributed by atoms with Crippen molar-refractivity contribution >= 4 is 34.0 Å². The lowest BCUT2D eigenvalue weighted by atomic mass is 10.2. The average molecular weight is 437 g/mol. The van der Waals surface area contributed by atoms with Gasteiger partial charge in [-0.1, -0.05) is 56.3 Å². The van der Waals surface area contributed by atoms with Crippen molar-refractivity contribution in [3.63, 3.8) is 0 Å². The first-order valence-electron chi connectivity index (χ1n) is 10.3. The molecule has 6 nitrogen and oxygen atoms in total. The molecule has 0 spiro atoms. The van der Waals surface area contributed by atoms with Crippen LogP contribution in [-0.4, -0.2) is 34.8 Å². The topological polar surface area (TPSA) is 74.3 Å². The average Bonchev–Trinajstić information content (AvgIpc) is 3.20. The molecule has 0 aliphatic heterocycles. The van der Waals surface area contributed by atoms with Crippen LogP contribution in [0.2, 0.25) is 0 Å². The molecule has 0 atom stereocenters. The first-order valence-corrected chi connectivity index (χ1v) is 11.2. The van der Waals surface area contributed by atoms with Gasteiger partial charge in [-0.05, 0) is 36.1 Å². The number of nitrogens with one attached hydrogen (secondary N) is 2. The number of amides is 2. The molecule has 3 rings (SSSR count). The molecular weight excluding hydrogens is 408 g/mol. The first kappa shape index (κ1) is 22.5. The zero-order valence-electron chi connectivity index (χ0n) is 18.1. The van der Waals surface area contributed by atoms with Gasteiger partial charge in [0, 0.05) is 24.2 Å². The van der Waals surface area contributed by atoms with Gasteiger partial charge in [-0.2, -0.15) is 0 Å². The van der Waals surface area contributed by atoms with E-state index in [1.54, 1.807) is 5.38 Å². The number of rotatable bonds is 9. The summed E-state index contributed by atoms with van der Waals surface area (Å²) in [5.41, 5.74) is 3.34. The molecule has 162 valence electrons. The quantitative estimate of drug-likeness (QED) is 0.514. The maximum atomic E-state index is 13.2. The van der Waals surface area contributed by atoms with Crippen molar-refractivity contribution in [1.82, 2.24) is 15.2 Å². The maximum absolute atomic E-state index is 13.2. The van der Waals surface area contributed by atoms with Gasteiger partial charge < -0.3 is 15.5 Å². The Hall–Kier alpha value is -3.19. The third-order valence-electron chi connectivity index (χ3n) is 4.54. The second-order valence-electron chi connectivity index (χ2n) is 7.88. The molecular formula is C24H28N4O2S. The van der Waals surface area contributed by atoms with E-state index in [9.17, 15) is 9.59 Å². The second-order valence-corrected chi connectivity index (χ2v) is 8.74. The molecule has 0 aliphatic rings. The molecule has 0 saturated heterocycles. The number of nitrogens with zero attached hydrogens (tertiary/aromatic N) is 2. The predicted molar refractivity (Wildman–Crippen MR) is 126 cm³/mol. The summed E-state index contributed by atoms with van der Waals surface area (Å²) < 4.78 is 0. The number of aromatic nitrogens is 1. The van der Waals surface area contributed by atoms with Crippen LogP contribution in [0.4, 0.5) is 10.8 Å². The number of thiazole rings is 1. The van der Waals surface area contributed by atoms with Crippen molar-refractivity contribution in [2.24, 2.45) is 5.92 Å². The van der Waals surface area contributed by atoms with Crippen LogP contribution in [0.25, 0.3) is 0 Å². The summed E-state index contributed by atoms with van der Waals surface area (Å²) in [4.78, 5) is 31.6.